The summed E-state index contributed by atoms with van der Waals surface area (Å²) in [7, 11) is 0. The first-order chi connectivity index (χ1) is 11.9. The zero-order valence-electron chi connectivity index (χ0n) is 14.7. The van der Waals surface area contributed by atoms with Crippen molar-refractivity contribution in [2.75, 3.05) is 11.4 Å². The summed E-state index contributed by atoms with van der Waals surface area (Å²) in [5, 5.41) is 2.82. The second-order valence-corrected chi connectivity index (χ2v) is 5.98. The molecule has 25 heavy (non-hydrogen) atoms. The maximum atomic E-state index is 12.2. The van der Waals surface area contributed by atoms with Crippen LogP contribution in [0.5, 0.6) is 0 Å². The zero-order valence-corrected chi connectivity index (χ0v) is 14.7. The largest absolute Gasteiger partial charge is 0.350 e. The van der Waals surface area contributed by atoms with Gasteiger partial charge in [0, 0.05) is 24.7 Å². The molecule has 0 aliphatic rings. The molecule has 2 aromatic carbocycles. The van der Waals surface area contributed by atoms with Crippen molar-refractivity contribution in [1.29, 1.82) is 0 Å². The lowest BCUT2D eigenvalue weighted by Gasteiger charge is -2.21. The van der Waals surface area contributed by atoms with Crippen LogP contribution in [-0.4, -0.2) is 24.1 Å². The molecule has 2 aromatic rings. The van der Waals surface area contributed by atoms with Gasteiger partial charge in [0.05, 0.1) is 0 Å². The van der Waals surface area contributed by atoms with Gasteiger partial charge in [-0.3, -0.25) is 14.4 Å². The van der Waals surface area contributed by atoms with Crippen LogP contribution in [0.1, 0.15) is 35.3 Å². The number of nitrogens with one attached hydrogen (secondary N) is 1. The average Bonchev–Trinajstić information content (AvgIpc) is 2.57. The van der Waals surface area contributed by atoms with Crippen molar-refractivity contribution < 1.29 is 14.4 Å². The number of hydrogen-bond donors (Lipinski definition) is 1. The Morgan fingerprint density at radius 1 is 1.00 bits per heavy atom. The van der Waals surface area contributed by atoms with Gasteiger partial charge >= 0.3 is 0 Å². The number of Topliss-reactive ketones (excluding diaryl/α,β-unsaturated/α-hetero) is 1. The van der Waals surface area contributed by atoms with Crippen LogP contribution >= 0.6 is 0 Å². The van der Waals surface area contributed by atoms with Gasteiger partial charge in [-0.05, 0) is 31.5 Å². The second kappa shape index (κ2) is 8.24. The summed E-state index contributed by atoms with van der Waals surface area (Å²) in [4.78, 5) is 37.1. The number of benzene rings is 2. The number of ketones is 1. The van der Waals surface area contributed by atoms with E-state index in [0.717, 1.165) is 11.1 Å². The van der Waals surface area contributed by atoms with E-state index in [-0.39, 0.29) is 24.1 Å². The van der Waals surface area contributed by atoms with Crippen LogP contribution in [0, 0.1) is 6.92 Å². The Kier molecular flexibility index (Phi) is 6.06. The Morgan fingerprint density at radius 3 is 2.36 bits per heavy atom. The van der Waals surface area contributed by atoms with Crippen molar-refractivity contribution in [3.8, 4) is 0 Å². The molecule has 1 N–H and O–H groups in total. The molecule has 0 aliphatic heterocycles. The topological polar surface area (TPSA) is 66.5 Å². The summed E-state index contributed by atoms with van der Waals surface area (Å²) >= 11 is 0. The third-order valence-corrected chi connectivity index (χ3v) is 3.82. The van der Waals surface area contributed by atoms with Crippen LogP contribution in [0.15, 0.2) is 48.5 Å². The van der Waals surface area contributed by atoms with Crippen LogP contribution in [0.4, 0.5) is 5.69 Å². The van der Waals surface area contributed by atoms with Gasteiger partial charge in [-0.1, -0.05) is 42.0 Å². The molecule has 0 heterocycles. The normalized spacial score (nSPS) is 10.2. The first-order valence-corrected chi connectivity index (χ1v) is 8.08. The summed E-state index contributed by atoms with van der Waals surface area (Å²) in [6, 6.07) is 14.6. The molecule has 0 radical (unpaired) electrons. The molecular formula is C20H22N2O3. The average molecular weight is 338 g/mol. The SMILES string of the molecule is CC(=O)c1cccc(N(CC(=O)NCc2cccc(C)c2)C(C)=O)c1. The van der Waals surface area contributed by atoms with Crippen molar-refractivity contribution in [1.82, 2.24) is 5.32 Å². The standard InChI is InChI=1S/C20H22N2O3/c1-14-6-4-7-17(10-14)12-21-20(25)13-22(16(3)24)19-9-5-8-18(11-19)15(2)23/h4-11H,12-13H2,1-3H3,(H,21,25). The highest BCUT2D eigenvalue weighted by Crippen LogP contribution is 2.17. The molecule has 0 unspecified atom stereocenters. The van der Waals surface area contributed by atoms with E-state index in [1.54, 1.807) is 24.3 Å². The van der Waals surface area contributed by atoms with E-state index in [1.807, 2.05) is 31.2 Å². The van der Waals surface area contributed by atoms with E-state index in [4.69, 9.17) is 0 Å². The third kappa shape index (κ3) is 5.28. The van der Waals surface area contributed by atoms with Crippen molar-refractivity contribution in [3.63, 3.8) is 0 Å². The first-order valence-electron chi connectivity index (χ1n) is 8.08. The van der Waals surface area contributed by atoms with Crippen molar-refractivity contribution in [2.45, 2.75) is 27.3 Å². The summed E-state index contributed by atoms with van der Waals surface area (Å²) in [5.41, 5.74) is 3.16. The second-order valence-electron chi connectivity index (χ2n) is 5.98. The van der Waals surface area contributed by atoms with Gasteiger partial charge in [0.25, 0.3) is 0 Å². The van der Waals surface area contributed by atoms with Crippen molar-refractivity contribution in [2.24, 2.45) is 0 Å². The summed E-state index contributed by atoms with van der Waals surface area (Å²) < 4.78 is 0. The van der Waals surface area contributed by atoms with Crippen molar-refractivity contribution >= 4 is 23.3 Å². The molecule has 0 bridgehead atoms. The molecule has 0 aromatic heterocycles. The van der Waals surface area contributed by atoms with Gasteiger partial charge in [0.1, 0.15) is 6.54 Å². The Balaban J connectivity index is 2.06. The Hall–Kier alpha value is -2.95. The van der Waals surface area contributed by atoms with Gasteiger partial charge in [-0.25, -0.2) is 0 Å². The van der Waals surface area contributed by atoms with E-state index in [9.17, 15) is 14.4 Å². The summed E-state index contributed by atoms with van der Waals surface area (Å²) in [6.07, 6.45) is 0. The fourth-order valence-corrected chi connectivity index (χ4v) is 2.50. The molecule has 0 fully saturated rings. The minimum atomic E-state index is -0.259. The van der Waals surface area contributed by atoms with Crippen molar-refractivity contribution in [3.05, 3.63) is 65.2 Å². The van der Waals surface area contributed by atoms with Gasteiger partial charge in [-0.2, -0.15) is 0 Å². The Labute approximate surface area is 147 Å². The minimum absolute atomic E-state index is 0.0887. The van der Waals surface area contributed by atoms with E-state index in [2.05, 4.69) is 5.32 Å². The highest BCUT2D eigenvalue weighted by atomic mass is 16.2. The van der Waals surface area contributed by atoms with Gasteiger partial charge in [0.15, 0.2) is 5.78 Å². The molecule has 0 atom stereocenters. The van der Waals surface area contributed by atoms with Crippen LogP contribution in [-0.2, 0) is 16.1 Å². The third-order valence-electron chi connectivity index (χ3n) is 3.82. The predicted molar refractivity (Wildman–Crippen MR) is 97.5 cm³/mol. The number of carbonyl (C=O) groups is 3. The fourth-order valence-electron chi connectivity index (χ4n) is 2.50. The number of aryl methyl sites for hydroxylation is 1. The van der Waals surface area contributed by atoms with E-state index >= 15 is 0 Å². The quantitative estimate of drug-likeness (QED) is 0.824. The monoisotopic (exact) mass is 338 g/mol. The van der Waals surface area contributed by atoms with E-state index < -0.39 is 0 Å². The molecule has 2 amide bonds. The fraction of sp³-hybridized carbons (Fsp3) is 0.250. The van der Waals surface area contributed by atoms with E-state index in [1.165, 1.54) is 18.7 Å². The van der Waals surface area contributed by atoms with Gasteiger partial charge in [-0.15, -0.1) is 0 Å². The maximum Gasteiger partial charge on any atom is 0.240 e. The molecular weight excluding hydrogens is 316 g/mol. The number of amides is 2. The predicted octanol–water partition coefficient (Wildman–Crippen LogP) is 2.87. The van der Waals surface area contributed by atoms with Gasteiger partial charge < -0.3 is 10.2 Å². The summed E-state index contributed by atoms with van der Waals surface area (Å²) in [6.45, 7) is 5.16. The van der Waals surface area contributed by atoms with Crippen LogP contribution in [0.2, 0.25) is 0 Å². The number of carbonyl (C=O) groups excluding carboxylic acids is 3. The molecule has 0 spiro atoms. The maximum absolute atomic E-state index is 12.2. The van der Waals surface area contributed by atoms with E-state index in [0.29, 0.717) is 17.8 Å². The minimum Gasteiger partial charge on any atom is -0.350 e. The molecule has 0 aliphatic carbocycles. The lowest BCUT2D eigenvalue weighted by molar-refractivity contribution is -0.123. The number of anilines is 1. The Morgan fingerprint density at radius 2 is 1.72 bits per heavy atom. The number of hydrogen-bond acceptors (Lipinski definition) is 3. The highest BCUT2D eigenvalue weighted by molar-refractivity contribution is 6.00. The van der Waals surface area contributed by atoms with Crippen LogP contribution in [0.3, 0.4) is 0 Å². The molecule has 2 rings (SSSR count). The smallest absolute Gasteiger partial charge is 0.240 e. The number of rotatable bonds is 6. The molecule has 5 heteroatoms. The molecule has 130 valence electrons. The van der Waals surface area contributed by atoms with Crippen LogP contribution < -0.4 is 10.2 Å². The lowest BCUT2D eigenvalue weighted by Crippen LogP contribution is -2.39. The molecule has 5 nitrogen and oxygen atoms in total. The lowest BCUT2D eigenvalue weighted by atomic mass is 10.1. The van der Waals surface area contributed by atoms with Crippen LogP contribution in [0.25, 0.3) is 0 Å². The number of nitrogens with zero attached hydrogens (tertiary/aromatic N) is 1. The molecule has 0 saturated carbocycles. The molecule has 0 saturated heterocycles. The zero-order chi connectivity index (χ0) is 18.4. The van der Waals surface area contributed by atoms with Gasteiger partial charge in [0.2, 0.25) is 11.8 Å². The highest BCUT2D eigenvalue weighted by Gasteiger charge is 2.16. The Bertz CT molecular complexity index is 799. The first kappa shape index (κ1) is 18.4. The summed E-state index contributed by atoms with van der Waals surface area (Å²) in [5.74, 6) is -0.606.